The number of fused-ring (bicyclic) bond motifs is 4. The molecule has 67 heavy (non-hydrogen) atoms. The zero-order valence-electron chi connectivity index (χ0n) is 39.2. The molecule has 3 saturated carbocycles. The Balaban J connectivity index is 1.16. The second-order valence-corrected chi connectivity index (χ2v) is 22.0. The number of carbonyl (C=O) groups is 1. The molecular weight excluding hydrogens is 839 g/mol. The van der Waals surface area contributed by atoms with Gasteiger partial charge in [-0.05, 0) is 133 Å². The minimum Gasteiger partial charge on any atom is -0.504 e. The van der Waals surface area contributed by atoms with Crippen molar-refractivity contribution in [1.29, 1.82) is 0 Å². The topological polar surface area (TPSA) is 160 Å². The van der Waals surface area contributed by atoms with Gasteiger partial charge in [0.1, 0.15) is 5.78 Å². The third-order valence-electron chi connectivity index (χ3n) is 19.5. The second kappa shape index (κ2) is 17.1. The fourth-order valence-corrected chi connectivity index (χ4v) is 17.0. The van der Waals surface area contributed by atoms with Crippen LogP contribution in [-0.4, -0.2) is 68.8 Å². The van der Waals surface area contributed by atoms with E-state index in [4.69, 9.17) is 4.74 Å². The number of benzene rings is 3. The number of aliphatic hydroxyl groups excluding tert-OH is 3. The van der Waals surface area contributed by atoms with Crippen LogP contribution in [0.3, 0.4) is 0 Å². The number of piperidine rings is 1. The summed E-state index contributed by atoms with van der Waals surface area (Å²) in [6, 6.07) is 17.1. The summed E-state index contributed by atoms with van der Waals surface area (Å²) in [5, 5.41) is 73.5. The first-order valence-corrected chi connectivity index (χ1v) is 25.6. The van der Waals surface area contributed by atoms with Gasteiger partial charge in [0.25, 0.3) is 0 Å². The van der Waals surface area contributed by atoms with Crippen molar-refractivity contribution in [2.75, 3.05) is 20.3 Å². The van der Waals surface area contributed by atoms with E-state index >= 15 is 4.79 Å². The van der Waals surface area contributed by atoms with Gasteiger partial charge in [0.2, 0.25) is 0 Å². The zero-order valence-corrected chi connectivity index (χ0v) is 39.2. The summed E-state index contributed by atoms with van der Waals surface area (Å²) in [6.07, 6.45) is 17.1. The highest BCUT2D eigenvalue weighted by Gasteiger charge is 2.77. The molecule has 9 nitrogen and oxygen atoms in total. The third kappa shape index (κ3) is 6.59. The standard InChI is InChI=1S/C58H69NO8/c1-3-4-6-13-40-47(62)25-41(42-27-51(67-2)50(65)22-37(42)31-61)35(21-33-10-7-5-8-11-33)14-15-36-30-59-53-24-39-17-16-34(18-20-60)44-23-38-12-9-19-56(38)32-57(39,44)52-29-45(56)43-26-48(63)49(64)28-46(43)58(52,53)54(36)55(40)66/h5,7-8,10-11,16-17,22-23,26-28,34-36,38-41,45,52-55,59-61,63-66H,3-4,6,9,12-13,18-21,24-25,29-32H2,1-2H3. The largest absolute Gasteiger partial charge is 0.504 e. The van der Waals surface area contributed by atoms with Gasteiger partial charge in [0.05, 0.1) is 19.8 Å². The number of ketones is 1. The van der Waals surface area contributed by atoms with Crippen LogP contribution in [0.2, 0.25) is 0 Å². The monoisotopic (exact) mass is 908 g/mol. The number of methoxy groups -OCH3 is 1. The van der Waals surface area contributed by atoms with E-state index in [-0.39, 0.29) is 101 Å². The van der Waals surface area contributed by atoms with Crippen molar-refractivity contribution >= 4 is 5.78 Å². The van der Waals surface area contributed by atoms with Gasteiger partial charge in [0.15, 0.2) is 23.0 Å². The van der Waals surface area contributed by atoms with Gasteiger partial charge in [-0.15, -0.1) is 0 Å². The zero-order chi connectivity index (χ0) is 46.4. The molecule has 11 rings (SSSR count). The van der Waals surface area contributed by atoms with Crippen LogP contribution in [0.5, 0.6) is 23.0 Å². The number of hydrogen-bond acceptors (Lipinski definition) is 9. The van der Waals surface area contributed by atoms with Gasteiger partial charge in [0, 0.05) is 72.0 Å². The van der Waals surface area contributed by atoms with Crippen LogP contribution in [0.1, 0.15) is 124 Å². The molecule has 15 unspecified atom stereocenters. The quantitative estimate of drug-likeness (QED) is 0.0433. The highest BCUT2D eigenvalue weighted by Crippen LogP contribution is 2.81. The molecule has 9 heteroatoms. The number of allylic oxidation sites excluding steroid dienone is 4. The van der Waals surface area contributed by atoms with E-state index in [1.807, 2.05) is 30.3 Å². The second-order valence-electron chi connectivity index (χ2n) is 22.0. The molecule has 3 aromatic carbocycles. The van der Waals surface area contributed by atoms with Crippen molar-refractivity contribution in [3.8, 4) is 34.8 Å². The molecule has 354 valence electrons. The van der Waals surface area contributed by atoms with Crippen molar-refractivity contribution in [1.82, 2.24) is 5.32 Å². The summed E-state index contributed by atoms with van der Waals surface area (Å²) < 4.78 is 5.64. The van der Waals surface area contributed by atoms with Crippen LogP contribution in [0.15, 0.2) is 78.4 Å². The lowest BCUT2D eigenvalue weighted by Crippen LogP contribution is -2.77. The number of ether oxygens (including phenoxy) is 1. The first-order chi connectivity index (χ1) is 32.5. The summed E-state index contributed by atoms with van der Waals surface area (Å²) in [6.45, 7) is 2.44. The molecule has 4 fully saturated rings. The fraction of sp³-hybridized carbons (Fsp3) is 0.569. The average molecular weight is 908 g/mol. The number of aliphatic hydroxyl groups is 3. The van der Waals surface area contributed by atoms with Crippen molar-refractivity contribution in [3.05, 3.63) is 106 Å². The first-order valence-electron chi connectivity index (χ1n) is 25.6. The van der Waals surface area contributed by atoms with Gasteiger partial charge in [-0.1, -0.05) is 98.6 Å². The number of hydrogen-bond donors (Lipinski definition) is 7. The molecule has 1 aliphatic heterocycles. The predicted octanol–water partition coefficient (Wildman–Crippen LogP) is 8.73. The van der Waals surface area contributed by atoms with Gasteiger partial charge >= 0.3 is 0 Å². The lowest BCUT2D eigenvalue weighted by atomic mass is 9.28. The molecule has 7 N–H and O–H groups in total. The number of Topliss-reactive ketones (excluding diaryl/α,β-unsaturated/α-hetero) is 1. The lowest BCUT2D eigenvalue weighted by Gasteiger charge is -2.76. The Labute approximate surface area is 395 Å². The average Bonchev–Trinajstić information content (AvgIpc) is 3.74. The molecule has 8 aliphatic rings. The van der Waals surface area contributed by atoms with Gasteiger partial charge in [-0.2, -0.15) is 0 Å². The molecule has 3 spiro atoms. The summed E-state index contributed by atoms with van der Waals surface area (Å²) >= 11 is 0. The van der Waals surface area contributed by atoms with Gasteiger partial charge < -0.3 is 40.7 Å². The van der Waals surface area contributed by atoms with E-state index < -0.39 is 29.3 Å². The maximum absolute atomic E-state index is 15.8. The fourth-order valence-electron chi connectivity index (χ4n) is 17.0. The number of nitrogens with one attached hydrogen (secondary N) is 1. The van der Waals surface area contributed by atoms with Crippen molar-refractivity contribution in [2.45, 2.75) is 126 Å². The number of phenols is 3. The smallest absolute Gasteiger partial charge is 0.160 e. The van der Waals surface area contributed by atoms with Crippen molar-refractivity contribution < 1.29 is 40.2 Å². The van der Waals surface area contributed by atoms with E-state index in [9.17, 15) is 30.6 Å². The summed E-state index contributed by atoms with van der Waals surface area (Å²) in [4.78, 5) is 15.8. The maximum Gasteiger partial charge on any atom is 0.160 e. The molecule has 0 aromatic heterocycles. The molecule has 0 amide bonds. The maximum atomic E-state index is 15.8. The normalized spacial score (nSPS) is 38.6. The molecule has 4 bridgehead atoms. The number of rotatable bonds is 11. The Bertz CT molecular complexity index is 2540. The molecular formula is C58H69NO8. The Morgan fingerprint density at radius 3 is 2.51 bits per heavy atom. The molecule has 7 aliphatic carbocycles. The Hall–Kier alpha value is -4.59. The molecule has 0 radical (unpaired) electrons. The van der Waals surface area contributed by atoms with E-state index in [0.717, 1.165) is 74.5 Å². The highest BCUT2D eigenvalue weighted by molar-refractivity contribution is 5.83. The molecule has 1 heterocycles. The van der Waals surface area contributed by atoms with Crippen LogP contribution in [-0.2, 0) is 23.2 Å². The highest BCUT2D eigenvalue weighted by atomic mass is 16.5. The SMILES string of the molecule is CCCCCC1C(=O)CC(c2cc(OC)c(O)cc2CO)C(Cc2ccccc2)C#CC2CNC3CC4C=CC(CCO)C5=CC6CCCC67CC54C4CC7c5cc(O)c(O)cc5C34C2C1O. The van der Waals surface area contributed by atoms with Crippen LogP contribution in [0, 0.1) is 70.0 Å². The molecule has 3 aromatic rings. The summed E-state index contributed by atoms with van der Waals surface area (Å²) in [7, 11) is 1.50. The predicted molar refractivity (Wildman–Crippen MR) is 256 cm³/mol. The van der Waals surface area contributed by atoms with Crippen LogP contribution < -0.4 is 10.1 Å². The minimum absolute atomic E-state index is 0.00128. The van der Waals surface area contributed by atoms with Crippen LogP contribution >= 0.6 is 0 Å². The Morgan fingerprint density at radius 1 is 0.910 bits per heavy atom. The van der Waals surface area contributed by atoms with Crippen molar-refractivity contribution in [3.63, 3.8) is 0 Å². The number of aromatic hydroxyl groups is 3. The molecule has 15 atom stereocenters. The van der Waals surface area contributed by atoms with Crippen LogP contribution in [0.4, 0.5) is 0 Å². The van der Waals surface area contributed by atoms with Gasteiger partial charge in [-0.3, -0.25) is 4.79 Å². The van der Waals surface area contributed by atoms with E-state index in [1.54, 1.807) is 6.07 Å². The number of phenolic OH excluding ortho intramolecular Hbond substituents is 3. The molecule has 1 saturated heterocycles. The van der Waals surface area contributed by atoms with E-state index in [2.05, 4.69) is 54.4 Å². The number of carbonyl (C=O) groups excluding carboxylic acids is 1. The Kier molecular flexibility index (Phi) is 11.5. The van der Waals surface area contributed by atoms with E-state index in [0.29, 0.717) is 42.9 Å². The number of unbranched alkanes of at least 4 members (excludes halogenated alkanes) is 2. The summed E-state index contributed by atoms with van der Waals surface area (Å²) in [5.41, 5.74) is 4.87. The lowest BCUT2D eigenvalue weighted by molar-refractivity contribution is -0.180. The van der Waals surface area contributed by atoms with Gasteiger partial charge in [-0.25, -0.2) is 0 Å². The minimum atomic E-state index is -1.07. The van der Waals surface area contributed by atoms with Crippen molar-refractivity contribution in [2.24, 2.45) is 58.2 Å². The first kappa shape index (κ1) is 44.9. The third-order valence-corrected chi connectivity index (χ3v) is 19.5. The summed E-state index contributed by atoms with van der Waals surface area (Å²) in [5.74, 6) is 6.11. The Morgan fingerprint density at radius 2 is 1.73 bits per heavy atom. The van der Waals surface area contributed by atoms with E-state index in [1.165, 1.54) is 18.7 Å². The van der Waals surface area contributed by atoms with Crippen LogP contribution in [0.25, 0.3) is 0 Å².